The molecule has 0 amide bonds. The molecule has 0 fully saturated rings. The van der Waals surface area contributed by atoms with Gasteiger partial charge in [0.1, 0.15) is 11.2 Å². The summed E-state index contributed by atoms with van der Waals surface area (Å²) in [6.45, 7) is 0. The van der Waals surface area contributed by atoms with Gasteiger partial charge in [-0.2, -0.15) is 0 Å². The van der Waals surface area contributed by atoms with E-state index in [1.54, 1.807) is 0 Å². The largest absolute Gasteiger partial charge is 0.464 e. The van der Waals surface area contributed by atoms with Crippen LogP contribution in [0.4, 0.5) is 0 Å². The summed E-state index contributed by atoms with van der Waals surface area (Å²) in [6.07, 6.45) is 5.09. The zero-order valence-electron chi connectivity index (χ0n) is 12.5. The molecule has 4 aromatic rings. The Hall–Kier alpha value is -2.39. The molecule has 0 radical (unpaired) electrons. The highest BCUT2D eigenvalue weighted by molar-refractivity contribution is 7.71. The lowest BCUT2D eigenvalue weighted by atomic mass is 10.0. The molecule has 3 heteroatoms. The summed E-state index contributed by atoms with van der Waals surface area (Å²) in [5.41, 5.74) is 6.54. The molecule has 0 unspecified atom stereocenters. The maximum absolute atomic E-state index is 5.88. The van der Waals surface area contributed by atoms with Crippen molar-refractivity contribution in [3.05, 3.63) is 64.6 Å². The first-order valence-electron chi connectivity index (χ1n) is 7.86. The standard InChI is InChI=1S/C20H14O2S/c23-20-14-8-4-7-13(14)15-9-16-17(12-5-2-1-3-6-12)11-21-18(16)10-19(15)22-20/h1-3,5-6,9-11H,4,7-8H2. The Bertz CT molecular complexity index is 1100. The average molecular weight is 318 g/mol. The molecule has 2 aromatic carbocycles. The quantitative estimate of drug-likeness (QED) is 0.399. The molecule has 1 aliphatic carbocycles. The van der Waals surface area contributed by atoms with E-state index in [1.807, 2.05) is 30.5 Å². The van der Waals surface area contributed by atoms with Gasteiger partial charge in [-0.1, -0.05) is 30.3 Å². The van der Waals surface area contributed by atoms with Crippen LogP contribution in [-0.4, -0.2) is 0 Å². The normalized spacial score (nSPS) is 13.7. The second-order valence-electron chi connectivity index (χ2n) is 6.06. The molecule has 0 saturated carbocycles. The molecular weight excluding hydrogens is 304 g/mol. The van der Waals surface area contributed by atoms with Gasteiger partial charge in [-0.15, -0.1) is 0 Å². The number of aryl methyl sites for hydroxylation is 1. The summed E-state index contributed by atoms with van der Waals surface area (Å²) >= 11 is 5.41. The lowest BCUT2D eigenvalue weighted by Gasteiger charge is -2.06. The van der Waals surface area contributed by atoms with Crippen LogP contribution in [0.1, 0.15) is 17.5 Å². The van der Waals surface area contributed by atoms with Crippen molar-refractivity contribution in [2.45, 2.75) is 19.3 Å². The Morgan fingerprint density at radius 2 is 1.70 bits per heavy atom. The van der Waals surface area contributed by atoms with Crippen molar-refractivity contribution in [2.75, 3.05) is 0 Å². The van der Waals surface area contributed by atoms with Crippen LogP contribution < -0.4 is 0 Å². The number of furan rings is 1. The van der Waals surface area contributed by atoms with Gasteiger partial charge in [-0.25, -0.2) is 0 Å². The van der Waals surface area contributed by atoms with E-state index >= 15 is 0 Å². The van der Waals surface area contributed by atoms with Crippen LogP contribution in [0.5, 0.6) is 0 Å². The van der Waals surface area contributed by atoms with E-state index in [0.717, 1.165) is 41.4 Å². The van der Waals surface area contributed by atoms with E-state index in [9.17, 15) is 0 Å². The Balaban J connectivity index is 1.87. The van der Waals surface area contributed by atoms with Crippen LogP contribution in [0.2, 0.25) is 0 Å². The monoisotopic (exact) mass is 318 g/mol. The first-order chi connectivity index (χ1) is 11.3. The fraction of sp³-hybridized carbons (Fsp3) is 0.150. The molecular formula is C20H14O2S. The van der Waals surface area contributed by atoms with Gasteiger partial charge < -0.3 is 8.83 Å². The minimum Gasteiger partial charge on any atom is -0.464 e. The predicted molar refractivity (Wildman–Crippen MR) is 94.3 cm³/mol. The summed E-state index contributed by atoms with van der Waals surface area (Å²) in [5.74, 6) is 0. The van der Waals surface area contributed by atoms with Crippen LogP contribution >= 0.6 is 12.2 Å². The second-order valence-corrected chi connectivity index (χ2v) is 6.43. The van der Waals surface area contributed by atoms with Crippen molar-refractivity contribution < 1.29 is 8.83 Å². The van der Waals surface area contributed by atoms with E-state index in [2.05, 4.69) is 18.2 Å². The lowest BCUT2D eigenvalue weighted by molar-refractivity contribution is 0.575. The topological polar surface area (TPSA) is 26.3 Å². The average Bonchev–Trinajstić information content (AvgIpc) is 3.21. The van der Waals surface area contributed by atoms with Crippen molar-refractivity contribution in [1.82, 2.24) is 0 Å². The fourth-order valence-electron chi connectivity index (χ4n) is 3.64. The number of rotatable bonds is 1. The van der Waals surface area contributed by atoms with E-state index in [-0.39, 0.29) is 0 Å². The highest BCUT2D eigenvalue weighted by atomic mass is 32.1. The lowest BCUT2D eigenvalue weighted by Crippen LogP contribution is -1.87. The zero-order valence-corrected chi connectivity index (χ0v) is 13.3. The van der Waals surface area contributed by atoms with E-state index in [0.29, 0.717) is 4.71 Å². The number of hydrogen-bond acceptors (Lipinski definition) is 3. The zero-order chi connectivity index (χ0) is 15.4. The van der Waals surface area contributed by atoms with Crippen molar-refractivity contribution >= 4 is 34.2 Å². The van der Waals surface area contributed by atoms with Gasteiger partial charge in [0.05, 0.1) is 6.26 Å². The summed E-state index contributed by atoms with van der Waals surface area (Å²) < 4.78 is 12.3. The maximum Gasteiger partial charge on any atom is 0.194 e. The molecule has 5 rings (SSSR count). The minimum atomic E-state index is 0.638. The van der Waals surface area contributed by atoms with Crippen LogP contribution in [0.3, 0.4) is 0 Å². The summed E-state index contributed by atoms with van der Waals surface area (Å²) in [5, 5.41) is 2.31. The molecule has 0 N–H and O–H groups in total. The third-order valence-corrected chi connectivity index (χ3v) is 5.08. The smallest absolute Gasteiger partial charge is 0.194 e. The third kappa shape index (κ3) is 1.90. The van der Waals surface area contributed by atoms with E-state index in [4.69, 9.17) is 21.1 Å². The molecule has 0 aliphatic heterocycles. The van der Waals surface area contributed by atoms with Crippen molar-refractivity contribution in [1.29, 1.82) is 0 Å². The number of fused-ring (bicyclic) bond motifs is 4. The summed E-state index contributed by atoms with van der Waals surface area (Å²) in [4.78, 5) is 0. The fourth-order valence-corrected chi connectivity index (χ4v) is 3.96. The van der Waals surface area contributed by atoms with Crippen LogP contribution in [0.15, 0.2) is 57.6 Å². The maximum atomic E-state index is 5.88. The molecule has 23 heavy (non-hydrogen) atoms. The Labute approximate surface area is 138 Å². The van der Waals surface area contributed by atoms with E-state index < -0.39 is 0 Å². The Morgan fingerprint density at radius 1 is 0.870 bits per heavy atom. The minimum absolute atomic E-state index is 0.638. The van der Waals surface area contributed by atoms with Gasteiger partial charge >= 0.3 is 0 Å². The molecule has 0 atom stereocenters. The van der Waals surface area contributed by atoms with Crippen molar-refractivity contribution in [3.8, 4) is 11.1 Å². The number of benzene rings is 2. The van der Waals surface area contributed by atoms with Crippen LogP contribution in [0.25, 0.3) is 33.1 Å². The van der Waals surface area contributed by atoms with Crippen LogP contribution in [-0.2, 0) is 12.8 Å². The predicted octanol–water partition coefficient (Wildman–Crippen LogP) is 6.06. The molecule has 2 aromatic heterocycles. The molecule has 112 valence electrons. The van der Waals surface area contributed by atoms with Crippen LogP contribution in [0, 0.1) is 4.71 Å². The van der Waals surface area contributed by atoms with Crippen molar-refractivity contribution in [2.24, 2.45) is 0 Å². The number of hydrogen-bond donors (Lipinski definition) is 0. The summed E-state index contributed by atoms with van der Waals surface area (Å²) in [6, 6.07) is 14.5. The van der Waals surface area contributed by atoms with Crippen molar-refractivity contribution in [3.63, 3.8) is 0 Å². The van der Waals surface area contributed by atoms with Gasteiger partial charge in [0.15, 0.2) is 4.71 Å². The van der Waals surface area contributed by atoms with Gasteiger partial charge in [-0.3, -0.25) is 0 Å². The second kappa shape index (κ2) is 4.80. The molecule has 0 bridgehead atoms. The van der Waals surface area contributed by atoms with E-state index in [1.165, 1.54) is 22.1 Å². The molecule has 2 heterocycles. The van der Waals surface area contributed by atoms with Gasteiger partial charge in [0.2, 0.25) is 0 Å². The molecule has 2 nitrogen and oxygen atoms in total. The van der Waals surface area contributed by atoms with Gasteiger partial charge in [-0.05, 0) is 48.7 Å². The third-order valence-electron chi connectivity index (χ3n) is 4.75. The highest BCUT2D eigenvalue weighted by Gasteiger charge is 2.19. The first kappa shape index (κ1) is 13.1. The Kier molecular flexibility index (Phi) is 2.73. The molecule has 0 saturated heterocycles. The molecule has 1 aliphatic rings. The van der Waals surface area contributed by atoms with Gasteiger partial charge in [0, 0.05) is 28.0 Å². The summed E-state index contributed by atoms with van der Waals surface area (Å²) in [7, 11) is 0. The molecule has 0 spiro atoms. The highest BCUT2D eigenvalue weighted by Crippen LogP contribution is 2.37. The van der Waals surface area contributed by atoms with Gasteiger partial charge in [0.25, 0.3) is 0 Å². The Morgan fingerprint density at radius 3 is 2.57 bits per heavy atom. The SMILES string of the molecule is S=c1oc2cc3occ(-c4ccccc4)c3cc2c2c1CCC2. The first-order valence-corrected chi connectivity index (χ1v) is 8.27.